The largest absolute Gasteiger partial charge is 0.131 e. The van der Waals surface area contributed by atoms with E-state index in [1.54, 1.807) is 0 Å². The van der Waals surface area contributed by atoms with Crippen LogP contribution in [0.15, 0.2) is 0 Å². The van der Waals surface area contributed by atoms with Gasteiger partial charge >= 0.3 is 0 Å². The van der Waals surface area contributed by atoms with E-state index in [0.29, 0.717) is 10.6 Å². The zero-order chi connectivity index (χ0) is 7.00. The summed E-state index contributed by atoms with van der Waals surface area (Å²) >= 11 is 0. The van der Waals surface area contributed by atoms with E-state index in [4.69, 9.17) is 0 Å². The Morgan fingerprint density at radius 2 is 1.00 bits per heavy atom. The zero-order valence-electron chi connectivity index (χ0n) is 6.58. The molecule has 0 N–H and O–H groups in total. The average molecular weight is 132 g/mol. The highest BCUT2D eigenvalue weighted by Gasteiger charge is 2.27. The Balaban J connectivity index is 4.02. The maximum Gasteiger partial charge on any atom is -0.0158 e. The summed E-state index contributed by atoms with van der Waals surface area (Å²) in [7, 11) is 2.86. The average Bonchev–Trinajstić information content (AvgIpc) is 1.25. The predicted molar refractivity (Wildman–Crippen MR) is 43.2 cm³/mol. The van der Waals surface area contributed by atoms with Crippen molar-refractivity contribution in [3.05, 3.63) is 0 Å². The van der Waals surface area contributed by atoms with E-state index < -0.39 is 0 Å². The van der Waals surface area contributed by atoms with Gasteiger partial charge in [0.05, 0.1) is 0 Å². The molecular weight excluding hydrogens is 115 g/mol. The predicted octanol–water partition coefficient (Wildman–Crippen LogP) is 2.69. The Kier molecular flexibility index (Phi) is 2.10. The van der Waals surface area contributed by atoms with Crippen molar-refractivity contribution in [2.24, 2.45) is 5.41 Å². The quantitative estimate of drug-likeness (QED) is 0.444. The van der Waals surface area contributed by atoms with Crippen molar-refractivity contribution in [2.45, 2.75) is 39.8 Å². The lowest BCUT2D eigenvalue weighted by molar-refractivity contribution is 0.319. The van der Waals surface area contributed by atoms with E-state index in [-0.39, 0.29) is 0 Å². The second-order valence-electron chi connectivity index (χ2n) is 3.97. The smallest absolute Gasteiger partial charge is 0.0158 e. The van der Waals surface area contributed by atoms with Crippen LogP contribution in [0.25, 0.3) is 0 Å². The van der Waals surface area contributed by atoms with Gasteiger partial charge in [0.2, 0.25) is 0 Å². The van der Waals surface area contributed by atoms with Gasteiger partial charge in [0.15, 0.2) is 0 Å². The second-order valence-corrected chi connectivity index (χ2v) is 5.42. The first-order chi connectivity index (χ1) is 3.25. The fourth-order valence-corrected chi connectivity index (χ4v) is 0. The van der Waals surface area contributed by atoms with Gasteiger partial charge in [-0.1, -0.05) is 34.6 Å². The third-order valence-corrected chi connectivity index (χ3v) is 2.80. The molecule has 0 aromatic heterocycles. The van der Waals surface area contributed by atoms with Crippen LogP contribution in [0.4, 0.5) is 0 Å². The normalized spacial score (nSPS) is 14.2. The van der Waals surface area contributed by atoms with Crippen molar-refractivity contribution >= 4 is 9.24 Å². The Bertz CT molecular complexity index is 59.4. The molecule has 0 aliphatic carbocycles. The van der Waals surface area contributed by atoms with E-state index in [0.717, 1.165) is 0 Å². The molecule has 0 saturated heterocycles. The summed E-state index contributed by atoms with van der Waals surface area (Å²) in [6.07, 6.45) is 0. The molecule has 8 heavy (non-hydrogen) atoms. The van der Waals surface area contributed by atoms with Crippen LogP contribution in [0.3, 0.4) is 0 Å². The molecule has 0 saturated carbocycles. The van der Waals surface area contributed by atoms with E-state index >= 15 is 0 Å². The zero-order valence-corrected chi connectivity index (χ0v) is 7.73. The molecule has 1 unspecified atom stereocenters. The summed E-state index contributed by atoms with van der Waals surface area (Å²) in [6, 6.07) is 0. The van der Waals surface area contributed by atoms with Crippen LogP contribution < -0.4 is 0 Å². The van der Waals surface area contributed by atoms with Crippen molar-refractivity contribution in [3.63, 3.8) is 0 Å². The molecule has 0 heterocycles. The third-order valence-electron chi connectivity index (χ3n) is 1.93. The highest BCUT2D eigenvalue weighted by Crippen LogP contribution is 2.36. The van der Waals surface area contributed by atoms with Gasteiger partial charge in [0.25, 0.3) is 0 Å². The molecule has 1 heteroatoms. The summed E-state index contributed by atoms with van der Waals surface area (Å²) in [4.78, 5) is 0. The minimum absolute atomic E-state index is 0.354. The molecular formula is C7H17P. The first-order valence-corrected chi connectivity index (χ1v) is 3.62. The van der Waals surface area contributed by atoms with Crippen LogP contribution in [0.2, 0.25) is 0 Å². The Hall–Kier alpha value is 0.430. The Morgan fingerprint density at radius 3 is 1.00 bits per heavy atom. The molecule has 50 valence electrons. The van der Waals surface area contributed by atoms with Crippen LogP contribution in [0.5, 0.6) is 0 Å². The molecule has 0 nitrogen and oxygen atoms in total. The number of hydrogen-bond acceptors (Lipinski definition) is 0. The minimum Gasteiger partial charge on any atom is -0.131 e. The van der Waals surface area contributed by atoms with Crippen LogP contribution in [-0.4, -0.2) is 5.16 Å². The van der Waals surface area contributed by atoms with Gasteiger partial charge in [0, 0.05) is 0 Å². The monoisotopic (exact) mass is 132 g/mol. The highest BCUT2D eigenvalue weighted by atomic mass is 31.0. The van der Waals surface area contributed by atoms with Crippen molar-refractivity contribution in [1.82, 2.24) is 0 Å². The maximum atomic E-state index is 2.86. The lowest BCUT2D eigenvalue weighted by atomic mass is 9.82. The van der Waals surface area contributed by atoms with Crippen LogP contribution in [0, 0.1) is 5.41 Å². The fraction of sp³-hybridized carbons (Fsp3) is 1.00. The van der Waals surface area contributed by atoms with Gasteiger partial charge in [-0.3, -0.25) is 0 Å². The van der Waals surface area contributed by atoms with Crippen molar-refractivity contribution in [2.75, 3.05) is 0 Å². The molecule has 0 aromatic rings. The summed E-state index contributed by atoms with van der Waals surface area (Å²) in [5.41, 5.74) is 0.400. The molecule has 0 aliphatic heterocycles. The lowest BCUT2D eigenvalue weighted by Crippen LogP contribution is -2.29. The summed E-state index contributed by atoms with van der Waals surface area (Å²) in [6.45, 7) is 11.2. The second kappa shape index (κ2) is 1.99. The van der Waals surface area contributed by atoms with Crippen LogP contribution >= 0.6 is 9.24 Å². The molecule has 1 atom stereocenters. The first kappa shape index (κ1) is 8.43. The molecule has 0 aromatic carbocycles. The molecule has 0 fully saturated rings. The first-order valence-electron chi connectivity index (χ1n) is 3.04. The SMILES string of the molecule is CC(C)(C)C(C)(C)P. The van der Waals surface area contributed by atoms with Crippen molar-refractivity contribution in [1.29, 1.82) is 0 Å². The minimum atomic E-state index is 0.354. The molecule has 0 radical (unpaired) electrons. The molecule has 0 amide bonds. The lowest BCUT2D eigenvalue weighted by Gasteiger charge is -2.34. The number of rotatable bonds is 0. The fourth-order valence-electron chi connectivity index (χ4n) is 0. The van der Waals surface area contributed by atoms with E-state index in [9.17, 15) is 0 Å². The maximum absolute atomic E-state index is 2.86. The van der Waals surface area contributed by atoms with Gasteiger partial charge < -0.3 is 0 Å². The van der Waals surface area contributed by atoms with Gasteiger partial charge in [0.1, 0.15) is 0 Å². The molecule has 0 bridgehead atoms. The van der Waals surface area contributed by atoms with Gasteiger partial charge in [-0.15, -0.1) is 9.24 Å². The molecule has 0 aliphatic rings. The van der Waals surface area contributed by atoms with E-state index in [1.807, 2.05) is 0 Å². The van der Waals surface area contributed by atoms with Gasteiger partial charge in [-0.2, -0.15) is 0 Å². The highest BCUT2D eigenvalue weighted by molar-refractivity contribution is 7.18. The molecule has 0 spiro atoms. The van der Waals surface area contributed by atoms with Crippen LogP contribution in [-0.2, 0) is 0 Å². The summed E-state index contributed by atoms with van der Waals surface area (Å²) < 4.78 is 0. The summed E-state index contributed by atoms with van der Waals surface area (Å²) in [5.74, 6) is 0. The van der Waals surface area contributed by atoms with Gasteiger partial charge in [-0.05, 0) is 10.6 Å². The van der Waals surface area contributed by atoms with Crippen molar-refractivity contribution in [3.8, 4) is 0 Å². The summed E-state index contributed by atoms with van der Waals surface area (Å²) in [5, 5.41) is 0.354. The topological polar surface area (TPSA) is 0 Å². The Labute approximate surface area is 55.3 Å². The van der Waals surface area contributed by atoms with Crippen molar-refractivity contribution < 1.29 is 0 Å². The Morgan fingerprint density at radius 1 is 0.875 bits per heavy atom. The third kappa shape index (κ3) is 2.13. The van der Waals surface area contributed by atoms with E-state index in [2.05, 4.69) is 43.9 Å². The van der Waals surface area contributed by atoms with Gasteiger partial charge in [-0.25, -0.2) is 0 Å². The van der Waals surface area contributed by atoms with Crippen LogP contribution in [0.1, 0.15) is 34.6 Å². The standard InChI is InChI=1S/C7H17P/c1-6(2,3)7(4,5)8/h8H2,1-5H3. The molecule has 0 rings (SSSR count). The number of hydrogen-bond donors (Lipinski definition) is 0. The van der Waals surface area contributed by atoms with E-state index in [1.165, 1.54) is 0 Å².